The number of rotatable bonds is 3. The minimum atomic E-state index is 0.741. The minimum absolute atomic E-state index is 0.741. The summed E-state index contributed by atoms with van der Waals surface area (Å²) in [6.45, 7) is 3.51. The molecular formula is C14H21BrN2. The van der Waals surface area contributed by atoms with E-state index in [9.17, 15) is 0 Å². The number of benzene rings is 1. The van der Waals surface area contributed by atoms with Crippen LogP contribution < -0.4 is 0 Å². The van der Waals surface area contributed by atoms with E-state index < -0.39 is 0 Å². The predicted molar refractivity (Wildman–Crippen MR) is 76.1 cm³/mol. The van der Waals surface area contributed by atoms with Crippen LogP contribution in [0.5, 0.6) is 0 Å². The van der Waals surface area contributed by atoms with E-state index in [2.05, 4.69) is 64.1 Å². The maximum atomic E-state index is 3.53. The third-order valence-corrected chi connectivity index (χ3v) is 4.13. The Hall–Kier alpha value is -0.380. The first-order chi connectivity index (χ1) is 8.15. The molecule has 3 heteroatoms. The third-order valence-electron chi connectivity index (χ3n) is 3.63. The zero-order valence-corrected chi connectivity index (χ0v) is 12.3. The van der Waals surface area contributed by atoms with Gasteiger partial charge in [-0.25, -0.2) is 0 Å². The van der Waals surface area contributed by atoms with Gasteiger partial charge in [0.25, 0.3) is 0 Å². The van der Waals surface area contributed by atoms with Gasteiger partial charge in [-0.15, -0.1) is 0 Å². The number of nitrogens with zero attached hydrogens (tertiary/aromatic N) is 2. The van der Waals surface area contributed by atoms with Gasteiger partial charge in [-0.05, 0) is 57.7 Å². The molecule has 1 heterocycles. The van der Waals surface area contributed by atoms with Crippen molar-refractivity contribution in [1.29, 1.82) is 0 Å². The summed E-state index contributed by atoms with van der Waals surface area (Å²) in [6.07, 6.45) is 2.59. The molecule has 2 rings (SSSR count). The van der Waals surface area contributed by atoms with Crippen molar-refractivity contribution < 1.29 is 0 Å². The fraction of sp³-hybridized carbons (Fsp3) is 0.571. The minimum Gasteiger partial charge on any atom is -0.306 e. The lowest BCUT2D eigenvalue weighted by atomic mass is 10.0. The maximum Gasteiger partial charge on any atom is 0.0234 e. The van der Waals surface area contributed by atoms with E-state index in [0.29, 0.717) is 0 Å². The van der Waals surface area contributed by atoms with Crippen molar-refractivity contribution in [2.75, 3.05) is 27.2 Å². The number of piperidine rings is 1. The van der Waals surface area contributed by atoms with Crippen molar-refractivity contribution in [2.45, 2.75) is 25.4 Å². The van der Waals surface area contributed by atoms with E-state index in [0.717, 1.165) is 12.6 Å². The molecule has 17 heavy (non-hydrogen) atoms. The highest BCUT2D eigenvalue weighted by Gasteiger charge is 2.20. The Bertz CT molecular complexity index is 359. The third kappa shape index (κ3) is 3.80. The summed E-state index contributed by atoms with van der Waals surface area (Å²) in [5, 5.41) is 0. The molecule has 1 fully saturated rings. The maximum absolute atomic E-state index is 3.53. The highest BCUT2D eigenvalue weighted by Crippen LogP contribution is 2.18. The first-order valence-corrected chi connectivity index (χ1v) is 7.07. The number of hydrogen-bond acceptors (Lipinski definition) is 2. The van der Waals surface area contributed by atoms with E-state index in [1.54, 1.807) is 0 Å². The molecule has 0 unspecified atom stereocenters. The van der Waals surface area contributed by atoms with Crippen molar-refractivity contribution in [3.8, 4) is 0 Å². The van der Waals surface area contributed by atoms with Crippen LogP contribution in [0.15, 0.2) is 28.7 Å². The molecule has 94 valence electrons. The second kappa shape index (κ2) is 5.98. The Morgan fingerprint density at radius 1 is 1.35 bits per heavy atom. The SMILES string of the molecule is CN1CCC(N(C)Cc2cccc(Br)c2)CC1. The summed E-state index contributed by atoms with van der Waals surface area (Å²) in [5.41, 5.74) is 1.39. The lowest BCUT2D eigenvalue weighted by Gasteiger charge is -2.35. The average molecular weight is 297 g/mol. The van der Waals surface area contributed by atoms with Gasteiger partial charge >= 0.3 is 0 Å². The summed E-state index contributed by atoms with van der Waals surface area (Å²) >= 11 is 3.53. The quantitative estimate of drug-likeness (QED) is 0.846. The van der Waals surface area contributed by atoms with Crippen LogP contribution in [0.2, 0.25) is 0 Å². The van der Waals surface area contributed by atoms with E-state index in [1.807, 2.05) is 0 Å². The first-order valence-electron chi connectivity index (χ1n) is 6.28. The number of halogens is 1. The second-order valence-electron chi connectivity index (χ2n) is 5.08. The van der Waals surface area contributed by atoms with Crippen LogP contribution in [-0.4, -0.2) is 43.0 Å². The molecule has 0 atom stereocenters. The van der Waals surface area contributed by atoms with Crippen molar-refractivity contribution in [2.24, 2.45) is 0 Å². The largest absolute Gasteiger partial charge is 0.306 e. The molecule has 0 radical (unpaired) electrons. The molecule has 1 saturated heterocycles. The van der Waals surface area contributed by atoms with Gasteiger partial charge in [-0.2, -0.15) is 0 Å². The Labute approximate surface area is 113 Å². The lowest BCUT2D eigenvalue weighted by molar-refractivity contribution is 0.139. The van der Waals surface area contributed by atoms with Crippen molar-refractivity contribution in [3.63, 3.8) is 0 Å². The summed E-state index contributed by atoms with van der Waals surface area (Å²) < 4.78 is 1.17. The average Bonchev–Trinajstić information content (AvgIpc) is 2.29. The standard InChI is InChI=1S/C14H21BrN2/c1-16-8-6-14(7-9-16)17(2)11-12-4-3-5-13(15)10-12/h3-5,10,14H,6-9,11H2,1-2H3. The smallest absolute Gasteiger partial charge is 0.0234 e. The van der Waals surface area contributed by atoms with Gasteiger partial charge in [0.05, 0.1) is 0 Å². The molecule has 2 nitrogen and oxygen atoms in total. The molecule has 0 saturated carbocycles. The second-order valence-corrected chi connectivity index (χ2v) is 6.00. The van der Waals surface area contributed by atoms with Crippen LogP contribution in [0, 0.1) is 0 Å². The van der Waals surface area contributed by atoms with Crippen molar-refractivity contribution in [1.82, 2.24) is 9.80 Å². The lowest BCUT2D eigenvalue weighted by Crippen LogP contribution is -2.41. The Morgan fingerprint density at radius 3 is 2.71 bits per heavy atom. The van der Waals surface area contributed by atoms with E-state index >= 15 is 0 Å². The van der Waals surface area contributed by atoms with Gasteiger partial charge in [0.2, 0.25) is 0 Å². The number of hydrogen-bond donors (Lipinski definition) is 0. The molecule has 1 aromatic carbocycles. The van der Waals surface area contributed by atoms with Gasteiger partial charge in [0, 0.05) is 17.1 Å². The van der Waals surface area contributed by atoms with Crippen LogP contribution in [0.4, 0.5) is 0 Å². The molecule has 1 aliphatic heterocycles. The highest BCUT2D eigenvalue weighted by atomic mass is 79.9. The van der Waals surface area contributed by atoms with Crippen molar-refractivity contribution in [3.05, 3.63) is 34.3 Å². The fourth-order valence-electron chi connectivity index (χ4n) is 2.49. The van der Waals surface area contributed by atoms with E-state index in [4.69, 9.17) is 0 Å². The molecule has 0 amide bonds. The summed E-state index contributed by atoms with van der Waals surface area (Å²) in [7, 11) is 4.46. The zero-order valence-electron chi connectivity index (χ0n) is 10.7. The Kier molecular flexibility index (Phi) is 4.60. The summed E-state index contributed by atoms with van der Waals surface area (Å²) in [5.74, 6) is 0. The summed E-state index contributed by atoms with van der Waals surface area (Å²) in [4.78, 5) is 4.91. The highest BCUT2D eigenvalue weighted by molar-refractivity contribution is 9.10. The van der Waals surface area contributed by atoms with Gasteiger partial charge in [0.15, 0.2) is 0 Å². The topological polar surface area (TPSA) is 6.48 Å². The van der Waals surface area contributed by atoms with Crippen LogP contribution in [0.3, 0.4) is 0 Å². The first kappa shape index (κ1) is 13.1. The predicted octanol–water partition coefficient (Wildman–Crippen LogP) is 2.98. The summed E-state index contributed by atoms with van der Waals surface area (Å²) in [6, 6.07) is 9.35. The van der Waals surface area contributed by atoms with Gasteiger partial charge in [-0.3, -0.25) is 4.90 Å². The van der Waals surface area contributed by atoms with E-state index in [-0.39, 0.29) is 0 Å². The molecule has 0 aromatic heterocycles. The normalized spacial score (nSPS) is 18.8. The van der Waals surface area contributed by atoms with Crippen LogP contribution in [0.1, 0.15) is 18.4 Å². The molecule has 0 aliphatic carbocycles. The molecule has 0 N–H and O–H groups in total. The van der Waals surface area contributed by atoms with E-state index in [1.165, 1.54) is 36.0 Å². The molecule has 0 spiro atoms. The zero-order chi connectivity index (χ0) is 12.3. The monoisotopic (exact) mass is 296 g/mol. The number of likely N-dealkylation sites (tertiary alicyclic amines) is 1. The Morgan fingerprint density at radius 2 is 2.06 bits per heavy atom. The molecular weight excluding hydrogens is 276 g/mol. The van der Waals surface area contributed by atoms with Crippen molar-refractivity contribution >= 4 is 15.9 Å². The van der Waals surface area contributed by atoms with Crippen LogP contribution >= 0.6 is 15.9 Å². The molecule has 1 aromatic rings. The molecule has 1 aliphatic rings. The fourth-order valence-corrected chi connectivity index (χ4v) is 2.93. The van der Waals surface area contributed by atoms with Gasteiger partial charge in [0.1, 0.15) is 0 Å². The van der Waals surface area contributed by atoms with Crippen LogP contribution in [0.25, 0.3) is 0 Å². The van der Waals surface area contributed by atoms with Gasteiger partial charge < -0.3 is 4.90 Å². The van der Waals surface area contributed by atoms with Crippen LogP contribution in [-0.2, 0) is 6.54 Å². The Balaban J connectivity index is 1.90. The molecule has 0 bridgehead atoms. The van der Waals surface area contributed by atoms with Gasteiger partial charge in [-0.1, -0.05) is 28.1 Å².